The van der Waals surface area contributed by atoms with Crippen molar-refractivity contribution in [2.24, 2.45) is 5.92 Å². The maximum Gasteiger partial charge on any atom is 0.320 e. The van der Waals surface area contributed by atoms with Crippen molar-refractivity contribution in [1.29, 1.82) is 0 Å². The lowest BCUT2D eigenvalue weighted by Gasteiger charge is -2.47. The lowest BCUT2D eigenvalue weighted by Crippen LogP contribution is -2.55. The maximum atomic E-state index is 13.1. The molecule has 180 valence electrons. The van der Waals surface area contributed by atoms with Gasteiger partial charge in [0.15, 0.2) is 5.92 Å². The first-order valence-electron chi connectivity index (χ1n) is 12.1. The number of unbranched alkanes of at least 4 members (excludes halogenated alkanes) is 1. The summed E-state index contributed by atoms with van der Waals surface area (Å²) in [5.41, 5.74) is -0.0875. The largest absolute Gasteiger partial charge is 0.462 e. The minimum Gasteiger partial charge on any atom is -0.462 e. The molecule has 0 aliphatic carbocycles. The number of ether oxygens (including phenoxy) is 2. The normalized spacial score (nSPS) is 32.3. The molecule has 0 radical (unpaired) electrons. The number of carbonyl (C=O) groups excluding carboxylic acids is 2. The van der Waals surface area contributed by atoms with Crippen LogP contribution in [0.4, 0.5) is 0 Å². The second-order valence-electron chi connectivity index (χ2n) is 11.2. The molecule has 4 unspecified atom stereocenters. The third-order valence-electron chi connectivity index (χ3n) is 7.88. The zero-order valence-corrected chi connectivity index (χ0v) is 21.4. The molecule has 2 aliphatic rings. The van der Waals surface area contributed by atoms with Gasteiger partial charge in [0.2, 0.25) is 0 Å². The second kappa shape index (κ2) is 10.2. The predicted molar refractivity (Wildman–Crippen MR) is 124 cm³/mol. The lowest BCUT2D eigenvalue weighted by molar-refractivity contribution is -0.174. The van der Waals surface area contributed by atoms with Crippen molar-refractivity contribution in [3.8, 4) is 0 Å². The molecule has 0 aromatic heterocycles. The van der Waals surface area contributed by atoms with Gasteiger partial charge >= 0.3 is 11.9 Å². The van der Waals surface area contributed by atoms with E-state index in [9.17, 15) is 9.59 Å². The average Bonchev–Trinajstić information content (AvgIpc) is 2.63. The highest BCUT2D eigenvalue weighted by Gasteiger charge is 2.42. The Morgan fingerprint density at radius 1 is 0.871 bits per heavy atom. The number of hydrogen-bond donors (Lipinski definition) is 0. The summed E-state index contributed by atoms with van der Waals surface area (Å²) in [5, 5.41) is 0. The molecule has 6 nitrogen and oxygen atoms in total. The minimum absolute atomic E-state index is 0.0438. The van der Waals surface area contributed by atoms with Crippen LogP contribution >= 0.6 is 0 Å². The van der Waals surface area contributed by atoms with Gasteiger partial charge in [0.05, 0.1) is 0 Å². The van der Waals surface area contributed by atoms with Crippen molar-refractivity contribution in [2.75, 3.05) is 14.1 Å². The Kier molecular flexibility index (Phi) is 8.59. The highest BCUT2D eigenvalue weighted by atomic mass is 16.6. The Bertz CT molecular complexity index is 583. The Balaban J connectivity index is 2.05. The van der Waals surface area contributed by atoms with E-state index in [1.165, 1.54) is 0 Å². The molecule has 2 aliphatic heterocycles. The smallest absolute Gasteiger partial charge is 0.320 e. The van der Waals surface area contributed by atoms with Gasteiger partial charge in [-0.1, -0.05) is 19.8 Å². The quantitative estimate of drug-likeness (QED) is 0.434. The minimum atomic E-state index is -0.823. The monoisotopic (exact) mass is 438 g/mol. The molecule has 0 amide bonds. The number of piperidine rings is 2. The van der Waals surface area contributed by atoms with Crippen LogP contribution in [0.25, 0.3) is 0 Å². The third-order valence-corrected chi connectivity index (χ3v) is 7.88. The van der Waals surface area contributed by atoms with Crippen molar-refractivity contribution >= 4 is 11.9 Å². The van der Waals surface area contributed by atoms with Gasteiger partial charge in [-0.25, -0.2) is 0 Å². The lowest BCUT2D eigenvalue weighted by atomic mass is 9.85. The summed E-state index contributed by atoms with van der Waals surface area (Å²) >= 11 is 0. The fraction of sp³-hybridized carbons (Fsp3) is 0.920. The van der Waals surface area contributed by atoms with Gasteiger partial charge in [-0.3, -0.25) is 19.4 Å². The molecule has 2 heterocycles. The van der Waals surface area contributed by atoms with Gasteiger partial charge in [0, 0.05) is 36.0 Å². The number of hydrogen-bond acceptors (Lipinski definition) is 6. The Hall–Kier alpha value is -1.14. The molecule has 6 heteroatoms. The van der Waals surface area contributed by atoms with Gasteiger partial charge in [0.1, 0.15) is 12.2 Å². The number of nitrogens with zero attached hydrogens (tertiary/aromatic N) is 2. The van der Waals surface area contributed by atoms with Crippen LogP contribution in [-0.2, 0) is 19.1 Å². The average molecular weight is 439 g/mol. The van der Waals surface area contributed by atoms with E-state index in [2.05, 4.69) is 72.4 Å². The zero-order chi connectivity index (χ0) is 23.6. The van der Waals surface area contributed by atoms with Crippen LogP contribution in [0.15, 0.2) is 0 Å². The van der Waals surface area contributed by atoms with Crippen LogP contribution < -0.4 is 0 Å². The summed E-state index contributed by atoms with van der Waals surface area (Å²) in [6.45, 7) is 15.1. The Labute approximate surface area is 190 Å². The summed E-state index contributed by atoms with van der Waals surface area (Å²) in [6, 6.07) is 0.649. The van der Waals surface area contributed by atoms with Crippen LogP contribution in [0.3, 0.4) is 0 Å². The molecule has 4 atom stereocenters. The van der Waals surface area contributed by atoms with Crippen molar-refractivity contribution in [3.05, 3.63) is 0 Å². The summed E-state index contributed by atoms with van der Waals surface area (Å²) in [7, 11) is 4.24. The molecule has 0 N–H and O–H groups in total. The van der Waals surface area contributed by atoms with Gasteiger partial charge < -0.3 is 9.47 Å². The predicted octanol–water partition coefficient (Wildman–Crippen LogP) is 4.40. The number of likely N-dealkylation sites (tertiary alicyclic amines) is 2. The molecular weight excluding hydrogens is 392 g/mol. The molecular formula is C25H46N2O4. The highest BCUT2D eigenvalue weighted by molar-refractivity contribution is 5.95. The van der Waals surface area contributed by atoms with E-state index >= 15 is 0 Å². The molecule has 2 fully saturated rings. The molecule has 0 spiro atoms. The standard InChI is InChI=1S/C25H46N2O4/c1-10-11-12-21(22(28)30-19-13-17(2)26(8)24(4,5)15-19)23(29)31-20-14-18(3)27(9)25(6,7)16-20/h17-21H,10-16H2,1-9H3. The van der Waals surface area contributed by atoms with Crippen LogP contribution in [-0.4, -0.2) is 71.2 Å². The highest BCUT2D eigenvalue weighted by Crippen LogP contribution is 2.34. The first kappa shape index (κ1) is 26.1. The second-order valence-corrected chi connectivity index (χ2v) is 11.2. The fourth-order valence-electron chi connectivity index (χ4n) is 5.25. The number of esters is 2. The van der Waals surface area contributed by atoms with E-state index in [-0.39, 0.29) is 23.3 Å². The number of carbonyl (C=O) groups is 2. The topological polar surface area (TPSA) is 59.1 Å². The molecule has 31 heavy (non-hydrogen) atoms. The zero-order valence-electron chi connectivity index (χ0n) is 21.4. The van der Waals surface area contributed by atoms with Crippen LogP contribution in [0.5, 0.6) is 0 Å². The number of rotatable bonds is 7. The van der Waals surface area contributed by atoms with E-state index in [1.807, 2.05) is 0 Å². The van der Waals surface area contributed by atoms with Crippen molar-refractivity contribution in [3.63, 3.8) is 0 Å². The van der Waals surface area contributed by atoms with E-state index in [0.29, 0.717) is 18.5 Å². The van der Waals surface area contributed by atoms with Crippen LogP contribution in [0.1, 0.15) is 93.4 Å². The first-order chi connectivity index (χ1) is 14.3. The Morgan fingerprint density at radius 2 is 1.26 bits per heavy atom. The van der Waals surface area contributed by atoms with Crippen LogP contribution in [0, 0.1) is 5.92 Å². The molecule has 2 rings (SSSR count). The fourth-order valence-corrected chi connectivity index (χ4v) is 5.25. The molecule has 2 saturated heterocycles. The Morgan fingerprint density at radius 3 is 1.58 bits per heavy atom. The first-order valence-corrected chi connectivity index (χ1v) is 12.1. The van der Waals surface area contributed by atoms with E-state index < -0.39 is 17.9 Å². The van der Waals surface area contributed by atoms with Gasteiger partial charge in [-0.05, 0) is 74.9 Å². The van der Waals surface area contributed by atoms with Crippen molar-refractivity contribution in [1.82, 2.24) is 9.80 Å². The molecule has 0 saturated carbocycles. The van der Waals surface area contributed by atoms with E-state index in [4.69, 9.17) is 9.47 Å². The molecule has 0 bridgehead atoms. The van der Waals surface area contributed by atoms with E-state index in [0.717, 1.165) is 38.5 Å². The summed E-state index contributed by atoms with van der Waals surface area (Å²) in [5.74, 6) is -1.64. The molecule has 0 aromatic carbocycles. The van der Waals surface area contributed by atoms with Gasteiger partial charge in [-0.15, -0.1) is 0 Å². The molecule has 0 aromatic rings. The summed E-state index contributed by atoms with van der Waals surface area (Å²) in [6.07, 6.45) is 5.04. The van der Waals surface area contributed by atoms with Crippen LogP contribution in [0.2, 0.25) is 0 Å². The van der Waals surface area contributed by atoms with Gasteiger partial charge in [-0.2, -0.15) is 0 Å². The van der Waals surface area contributed by atoms with Gasteiger partial charge in [0.25, 0.3) is 0 Å². The van der Waals surface area contributed by atoms with Crippen molar-refractivity contribution < 1.29 is 19.1 Å². The maximum absolute atomic E-state index is 13.1. The van der Waals surface area contributed by atoms with E-state index in [1.54, 1.807) is 0 Å². The SMILES string of the molecule is CCCCC(C(=O)OC1CC(C)N(C)C(C)(C)C1)C(=O)OC1CC(C)N(C)C(C)(C)C1. The van der Waals surface area contributed by atoms with Crippen molar-refractivity contribution in [2.45, 2.75) is 129 Å². The summed E-state index contributed by atoms with van der Waals surface area (Å²) < 4.78 is 11.8. The third kappa shape index (κ3) is 6.44. The summed E-state index contributed by atoms with van der Waals surface area (Å²) in [4.78, 5) is 30.9.